The number of methoxy groups -OCH3 is 1. The molecule has 0 saturated carbocycles. The third kappa shape index (κ3) is 2.69. The van der Waals surface area contributed by atoms with Crippen molar-refractivity contribution >= 4 is 0 Å². The second-order valence-electron chi connectivity index (χ2n) is 6.34. The van der Waals surface area contributed by atoms with E-state index in [0.717, 1.165) is 25.0 Å². The lowest BCUT2D eigenvalue weighted by atomic mass is 9.69. The average Bonchev–Trinajstić information content (AvgIpc) is 3.19. The highest BCUT2D eigenvalue weighted by molar-refractivity contribution is 5.73. The molecular weight excluding hydrogens is 292 g/mol. The van der Waals surface area contributed by atoms with Crippen molar-refractivity contribution in [1.29, 1.82) is 0 Å². The predicted octanol–water partition coefficient (Wildman–Crippen LogP) is 6.31. The normalized spacial score (nSPS) is 13.9. The van der Waals surface area contributed by atoms with Crippen molar-refractivity contribution < 1.29 is 4.74 Å². The van der Waals surface area contributed by atoms with Gasteiger partial charge in [0.05, 0.1) is 7.11 Å². The fourth-order valence-electron chi connectivity index (χ4n) is 3.99. The number of hydrogen-bond acceptors (Lipinski definition) is 1. The highest BCUT2D eigenvalue weighted by atomic mass is 16.5. The molecule has 0 bridgehead atoms. The number of para-hydroxylation sites is 1. The van der Waals surface area contributed by atoms with E-state index < -0.39 is 0 Å². The summed E-state index contributed by atoms with van der Waals surface area (Å²) in [6.07, 6.45) is 10.1. The van der Waals surface area contributed by atoms with Crippen LogP contribution < -0.4 is 4.74 Å². The van der Waals surface area contributed by atoms with Crippen LogP contribution in [0.2, 0.25) is 0 Å². The van der Waals surface area contributed by atoms with E-state index in [0.29, 0.717) is 0 Å². The molecule has 0 saturated heterocycles. The zero-order valence-electron chi connectivity index (χ0n) is 14.9. The van der Waals surface area contributed by atoms with Crippen molar-refractivity contribution in [1.82, 2.24) is 0 Å². The highest BCUT2D eigenvalue weighted by Crippen LogP contribution is 2.47. The zero-order valence-corrected chi connectivity index (χ0v) is 14.9. The Labute approximate surface area is 145 Å². The first-order valence-corrected chi connectivity index (χ1v) is 8.87. The summed E-state index contributed by atoms with van der Waals surface area (Å²) in [6.45, 7) is 4.57. The molecule has 124 valence electrons. The summed E-state index contributed by atoms with van der Waals surface area (Å²) in [5.74, 6) is 1.01. The standard InChI is InChI=1S/C23H26O/c1-4-23(5-2,19-14-9-10-15-19)21-17-11-16-20(22(21)24-3)18-12-7-6-8-13-18/h6-9,11-17H,4-5,10H2,1-3H3. The fourth-order valence-corrected chi connectivity index (χ4v) is 3.99. The Balaban J connectivity index is 2.22. The molecule has 24 heavy (non-hydrogen) atoms. The molecule has 0 aromatic heterocycles. The Morgan fingerprint density at radius 1 is 0.958 bits per heavy atom. The quantitative estimate of drug-likeness (QED) is 0.606. The minimum Gasteiger partial charge on any atom is -0.496 e. The molecule has 2 aromatic rings. The number of allylic oxidation sites excluding steroid dienone is 4. The molecule has 0 radical (unpaired) electrons. The van der Waals surface area contributed by atoms with Gasteiger partial charge in [-0.25, -0.2) is 0 Å². The summed E-state index contributed by atoms with van der Waals surface area (Å²) in [6, 6.07) is 17.1. The van der Waals surface area contributed by atoms with Crippen LogP contribution >= 0.6 is 0 Å². The second kappa shape index (κ2) is 7.09. The van der Waals surface area contributed by atoms with Crippen molar-refractivity contribution in [3.63, 3.8) is 0 Å². The van der Waals surface area contributed by atoms with Crippen LogP contribution in [-0.4, -0.2) is 7.11 Å². The highest BCUT2D eigenvalue weighted by Gasteiger charge is 2.35. The summed E-state index contributed by atoms with van der Waals surface area (Å²) in [7, 11) is 1.79. The molecule has 0 spiro atoms. The van der Waals surface area contributed by atoms with Gasteiger partial charge in [-0.2, -0.15) is 0 Å². The zero-order chi connectivity index (χ0) is 17.0. The van der Waals surface area contributed by atoms with Crippen LogP contribution in [0.1, 0.15) is 38.7 Å². The third-order valence-electron chi connectivity index (χ3n) is 5.35. The maximum atomic E-state index is 5.95. The Morgan fingerprint density at radius 2 is 1.71 bits per heavy atom. The van der Waals surface area contributed by atoms with E-state index in [1.165, 1.54) is 22.3 Å². The van der Waals surface area contributed by atoms with Gasteiger partial charge in [0, 0.05) is 16.5 Å². The van der Waals surface area contributed by atoms with Crippen molar-refractivity contribution in [3.05, 3.63) is 77.9 Å². The lowest BCUT2D eigenvalue weighted by Gasteiger charge is -2.35. The van der Waals surface area contributed by atoms with Gasteiger partial charge in [-0.3, -0.25) is 0 Å². The Hall–Kier alpha value is -2.28. The Kier molecular flexibility index (Phi) is 4.89. The van der Waals surface area contributed by atoms with Gasteiger partial charge in [-0.05, 0) is 30.4 Å². The van der Waals surface area contributed by atoms with Crippen LogP contribution in [0.15, 0.2) is 72.3 Å². The van der Waals surface area contributed by atoms with Crippen LogP contribution in [-0.2, 0) is 5.41 Å². The molecule has 0 heterocycles. The molecule has 2 aromatic carbocycles. The van der Waals surface area contributed by atoms with Gasteiger partial charge in [0.25, 0.3) is 0 Å². The van der Waals surface area contributed by atoms with Crippen LogP contribution in [0.4, 0.5) is 0 Å². The third-order valence-corrected chi connectivity index (χ3v) is 5.35. The number of ether oxygens (including phenoxy) is 1. The molecule has 1 aliphatic rings. The molecule has 1 nitrogen and oxygen atoms in total. The lowest BCUT2D eigenvalue weighted by molar-refractivity contribution is 0.386. The van der Waals surface area contributed by atoms with Gasteiger partial charge < -0.3 is 4.74 Å². The monoisotopic (exact) mass is 318 g/mol. The second-order valence-corrected chi connectivity index (χ2v) is 6.34. The number of hydrogen-bond donors (Lipinski definition) is 0. The summed E-state index contributed by atoms with van der Waals surface area (Å²) >= 11 is 0. The summed E-state index contributed by atoms with van der Waals surface area (Å²) < 4.78 is 5.95. The van der Waals surface area contributed by atoms with Crippen LogP contribution in [0, 0.1) is 0 Å². The van der Waals surface area contributed by atoms with E-state index >= 15 is 0 Å². The minimum atomic E-state index is 0.0170. The first-order valence-electron chi connectivity index (χ1n) is 8.87. The SMILES string of the molecule is CCC(CC)(C1=CCC=C1)c1cccc(-c2ccccc2)c1OC. The molecule has 1 heteroatoms. The Morgan fingerprint density at radius 3 is 2.29 bits per heavy atom. The summed E-state index contributed by atoms with van der Waals surface area (Å²) in [5, 5.41) is 0. The van der Waals surface area contributed by atoms with E-state index in [4.69, 9.17) is 4.74 Å². The molecule has 0 atom stereocenters. The minimum absolute atomic E-state index is 0.0170. The molecule has 0 unspecified atom stereocenters. The molecular formula is C23H26O. The lowest BCUT2D eigenvalue weighted by Crippen LogP contribution is -2.27. The first kappa shape index (κ1) is 16.6. The van der Waals surface area contributed by atoms with E-state index in [-0.39, 0.29) is 5.41 Å². The maximum absolute atomic E-state index is 5.95. The van der Waals surface area contributed by atoms with Gasteiger partial charge in [0.15, 0.2) is 0 Å². The van der Waals surface area contributed by atoms with Crippen LogP contribution in [0.25, 0.3) is 11.1 Å². The van der Waals surface area contributed by atoms with Gasteiger partial charge in [0.1, 0.15) is 5.75 Å². The van der Waals surface area contributed by atoms with Gasteiger partial charge in [-0.1, -0.05) is 80.6 Å². The first-order chi connectivity index (χ1) is 11.8. The predicted molar refractivity (Wildman–Crippen MR) is 103 cm³/mol. The topological polar surface area (TPSA) is 9.23 Å². The molecule has 3 rings (SSSR count). The number of benzene rings is 2. The van der Waals surface area contributed by atoms with Crippen molar-refractivity contribution in [2.45, 2.75) is 38.5 Å². The molecule has 0 amide bonds. The smallest absolute Gasteiger partial charge is 0.130 e. The van der Waals surface area contributed by atoms with Crippen LogP contribution in [0.3, 0.4) is 0 Å². The van der Waals surface area contributed by atoms with E-state index in [1.54, 1.807) is 7.11 Å². The van der Waals surface area contributed by atoms with E-state index in [1.807, 2.05) is 0 Å². The van der Waals surface area contributed by atoms with E-state index in [2.05, 4.69) is 80.6 Å². The average molecular weight is 318 g/mol. The Bertz CT molecular complexity index is 749. The molecule has 0 N–H and O–H groups in total. The summed E-state index contributed by atoms with van der Waals surface area (Å²) in [5.41, 5.74) is 5.12. The summed E-state index contributed by atoms with van der Waals surface area (Å²) in [4.78, 5) is 0. The maximum Gasteiger partial charge on any atom is 0.130 e. The molecule has 0 fully saturated rings. The number of rotatable bonds is 6. The fraction of sp³-hybridized carbons (Fsp3) is 0.304. The van der Waals surface area contributed by atoms with Crippen molar-refractivity contribution in [2.75, 3.05) is 7.11 Å². The van der Waals surface area contributed by atoms with Crippen LogP contribution in [0.5, 0.6) is 5.75 Å². The van der Waals surface area contributed by atoms with Gasteiger partial charge >= 0.3 is 0 Å². The molecule has 0 aliphatic heterocycles. The van der Waals surface area contributed by atoms with Crippen molar-refractivity contribution in [3.8, 4) is 16.9 Å². The largest absolute Gasteiger partial charge is 0.496 e. The van der Waals surface area contributed by atoms with Crippen molar-refractivity contribution in [2.24, 2.45) is 0 Å². The van der Waals surface area contributed by atoms with E-state index in [9.17, 15) is 0 Å². The molecule has 1 aliphatic carbocycles. The van der Waals surface area contributed by atoms with Gasteiger partial charge in [-0.15, -0.1) is 0 Å². The van der Waals surface area contributed by atoms with Gasteiger partial charge in [0.2, 0.25) is 0 Å².